The molecule has 7 nitrogen and oxygen atoms in total. The summed E-state index contributed by atoms with van der Waals surface area (Å²) in [4.78, 5) is 12.2. The zero-order valence-corrected chi connectivity index (χ0v) is 16.2. The van der Waals surface area contributed by atoms with E-state index < -0.39 is 6.08 Å². The highest BCUT2D eigenvalue weighted by molar-refractivity contribution is 5.70. The average molecular weight is 386 g/mol. The summed E-state index contributed by atoms with van der Waals surface area (Å²) in [5.74, 6) is 2.42. The summed E-state index contributed by atoms with van der Waals surface area (Å²) >= 11 is 0. The standard InChI is InChI=1S/C20H23FN4O3/c1-5-6-7-8-25-17(23-14-12-22-20(21)24-19(14)25)11-13-9-15(26-2)18(28-4)16(10-13)27-3/h5,9-10,12H,1,6-8,11H2,2-4H3. The molecule has 2 heterocycles. The van der Waals surface area contributed by atoms with Crippen molar-refractivity contribution in [1.29, 1.82) is 0 Å². The Bertz CT molecular complexity index is 962. The van der Waals surface area contributed by atoms with Crippen LogP contribution in [0, 0.1) is 6.08 Å². The molecule has 0 aliphatic carbocycles. The maximum absolute atomic E-state index is 13.6. The third kappa shape index (κ3) is 3.90. The lowest BCUT2D eigenvalue weighted by molar-refractivity contribution is 0.324. The number of ether oxygens (including phenoxy) is 3. The summed E-state index contributed by atoms with van der Waals surface area (Å²) in [5, 5.41) is 0. The van der Waals surface area contributed by atoms with Gasteiger partial charge >= 0.3 is 6.08 Å². The minimum Gasteiger partial charge on any atom is -0.493 e. The summed E-state index contributed by atoms with van der Waals surface area (Å²) in [6, 6.07) is 3.75. The molecule has 0 aliphatic heterocycles. The quantitative estimate of drug-likeness (QED) is 0.318. The first-order chi connectivity index (χ1) is 13.6. The number of benzene rings is 1. The number of imidazole rings is 1. The first-order valence-corrected chi connectivity index (χ1v) is 8.88. The van der Waals surface area contributed by atoms with Crippen LogP contribution in [-0.2, 0) is 13.0 Å². The normalized spacial score (nSPS) is 10.9. The fraction of sp³-hybridized carbons (Fsp3) is 0.350. The van der Waals surface area contributed by atoms with E-state index in [1.807, 2.05) is 22.8 Å². The second-order valence-corrected chi connectivity index (χ2v) is 6.17. The van der Waals surface area contributed by atoms with Crippen LogP contribution in [0.1, 0.15) is 24.2 Å². The van der Waals surface area contributed by atoms with Gasteiger partial charge in [-0.15, -0.1) is 6.58 Å². The smallest absolute Gasteiger partial charge is 0.310 e. The van der Waals surface area contributed by atoms with Gasteiger partial charge in [-0.2, -0.15) is 9.37 Å². The highest BCUT2D eigenvalue weighted by Crippen LogP contribution is 2.38. The van der Waals surface area contributed by atoms with Crippen molar-refractivity contribution in [2.75, 3.05) is 21.3 Å². The molecule has 0 saturated heterocycles. The molecule has 148 valence electrons. The molecule has 0 unspecified atom stereocenters. The van der Waals surface area contributed by atoms with Gasteiger partial charge in [-0.25, -0.2) is 9.97 Å². The molecule has 1 aromatic carbocycles. The Morgan fingerprint density at radius 3 is 2.43 bits per heavy atom. The second-order valence-electron chi connectivity index (χ2n) is 6.17. The topological polar surface area (TPSA) is 71.3 Å². The minimum absolute atomic E-state index is 0.485. The number of rotatable bonds is 9. The minimum atomic E-state index is -0.767. The highest BCUT2D eigenvalue weighted by Gasteiger charge is 2.17. The summed E-state index contributed by atoms with van der Waals surface area (Å²) < 4.78 is 31.7. The molecular formula is C20H23FN4O3. The number of allylic oxidation sites excluding steroid dienone is 1. The van der Waals surface area contributed by atoms with E-state index >= 15 is 0 Å². The van der Waals surface area contributed by atoms with E-state index in [9.17, 15) is 4.39 Å². The lowest BCUT2D eigenvalue weighted by atomic mass is 10.1. The molecule has 0 spiro atoms. The van der Waals surface area contributed by atoms with E-state index in [2.05, 4.69) is 21.5 Å². The molecule has 0 atom stereocenters. The summed E-state index contributed by atoms with van der Waals surface area (Å²) in [7, 11) is 4.71. The monoisotopic (exact) mass is 386 g/mol. The number of unbranched alkanes of at least 4 members (excludes halogenated alkanes) is 1. The van der Waals surface area contributed by atoms with Gasteiger partial charge in [0.1, 0.15) is 11.3 Å². The predicted molar refractivity (Wildman–Crippen MR) is 104 cm³/mol. The number of aryl methyl sites for hydroxylation is 1. The maximum Gasteiger partial charge on any atom is 0.310 e. The van der Waals surface area contributed by atoms with Crippen LogP contribution in [0.2, 0.25) is 0 Å². The summed E-state index contributed by atoms with van der Waals surface area (Å²) in [6.45, 7) is 4.40. The fourth-order valence-electron chi connectivity index (χ4n) is 3.13. The fourth-order valence-corrected chi connectivity index (χ4v) is 3.13. The molecule has 0 amide bonds. The van der Waals surface area contributed by atoms with Gasteiger partial charge in [0.2, 0.25) is 5.75 Å². The average Bonchev–Trinajstić information content (AvgIpc) is 3.03. The van der Waals surface area contributed by atoms with Crippen LogP contribution in [0.3, 0.4) is 0 Å². The Labute approximate surface area is 162 Å². The molecule has 3 aromatic rings. The Morgan fingerprint density at radius 1 is 1.11 bits per heavy atom. The molecule has 0 radical (unpaired) electrons. The number of aromatic nitrogens is 4. The van der Waals surface area contributed by atoms with Gasteiger partial charge in [0.25, 0.3) is 0 Å². The van der Waals surface area contributed by atoms with Crippen LogP contribution >= 0.6 is 0 Å². The lowest BCUT2D eigenvalue weighted by Gasteiger charge is -2.14. The van der Waals surface area contributed by atoms with Crippen LogP contribution in [0.15, 0.2) is 31.0 Å². The molecule has 0 aliphatic rings. The van der Waals surface area contributed by atoms with Gasteiger partial charge in [-0.3, -0.25) is 0 Å². The Kier molecular flexibility index (Phi) is 6.08. The number of nitrogens with zero attached hydrogens (tertiary/aromatic N) is 4. The molecule has 0 fully saturated rings. The van der Waals surface area contributed by atoms with Crippen LogP contribution < -0.4 is 14.2 Å². The third-order valence-electron chi connectivity index (χ3n) is 4.41. The molecule has 0 bridgehead atoms. The van der Waals surface area contributed by atoms with Gasteiger partial charge in [0.05, 0.1) is 27.5 Å². The van der Waals surface area contributed by atoms with Crippen molar-refractivity contribution < 1.29 is 18.6 Å². The van der Waals surface area contributed by atoms with Crippen molar-refractivity contribution in [3.05, 3.63) is 48.5 Å². The van der Waals surface area contributed by atoms with Crippen LogP contribution in [0.5, 0.6) is 17.2 Å². The van der Waals surface area contributed by atoms with Gasteiger partial charge in [-0.1, -0.05) is 6.08 Å². The van der Waals surface area contributed by atoms with Crippen molar-refractivity contribution >= 4 is 11.2 Å². The number of fused-ring (bicyclic) bond motifs is 1. The lowest BCUT2D eigenvalue weighted by Crippen LogP contribution is -2.07. The van der Waals surface area contributed by atoms with Gasteiger partial charge < -0.3 is 18.8 Å². The molecule has 0 saturated carbocycles. The Balaban J connectivity index is 2.03. The Morgan fingerprint density at radius 2 is 1.82 bits per heavy atom. The van der Waals surface area contributed by atoms with Crippen LogP contribution in [0.25, 0.3) is 11.2 Å². The molecular weight excluding hydrogens is 363 g/mol. The largest absolute Gasteiger partial charge is 0.493 e. The molecule has 0 N–H and O–H groups in total. The van der Waals surface area contributed by atoms with Crippen LogP contribution in [0.4, 0.5) is 4.39 Å². The number of halogens is 1. The summed E-state index contributed by atoms with van der Waals surface area (Å²) in [6.07, 6.45) is 4.67. The van der Waals surface area contributed by atoms with E-state index in [0.717, 1.165) is 24.2 Å². The van der Waals surface area contributed by atoms with Crippen LogP contribution in [-0.4, -0.2) is 40.8 Å². The van der Waals surface area contributed by atoms with Crippen molar-refractivity contribution in [1.82, 2.24) is 19.5 Å². The summed E-state index contributed by atoms with van der Waals surface area (Å²) in [5.41, 5.74) is 1.96. The first-order valence-electron chi connectivity index (χ1n) is 8.88. The number of hydrogen-bond acceptors (Lipinski definition) is 6. The van der Waals surface area contributed by atoms with E-state index in [4.69, 9.17) is 14.2 Å². The zero-order valence-electron chi connectivity index (χ0n) is 16.2. The van der Waals surface area contributed by atoms with Crippen molar-refractivity contribution in [3.63, 3.8) is 0 Å². The maximum atomic E-state index is 13.6. The zero-order chi connectivity index (χ0) is 20.1. The molecule has 2 aromatic heterocycles. The number of methoxy groups -OCH3 is 3. The van der Waals surface area contributed by atoms with E-state index in [-0.39, 0.29) is 0 Å². The molecule has 28 heavy (non-hydrogen) atoms. The Hall–Kier alpha value is -3.16. The van der Waals surface area contributed by atoms with Gasteiger partial charge in [-0.05, 0) is 30.5 Å². The SMILES string of the molecule is C=CCCCn1c(Cc2cc(OC)c(OC)c(OC)c2)nc2cnc(F)nc21. The van der Waals surface area contributed by atoms with Crippen molar-refractivity contribution in [3.8, 4) is 17.2 Å². The second kappa shape index (κ2) is 8.69. The highest BCUT2D eigenvalue weighted by atomic mass is 19.1. The van der Waals surface area contributed by atoms with Crippen molar-refractivity contribution in [2.45, 2.75) is 25.8 Å². The first kappa shape index (κ1) is 19.6. The molecule has 8 heteroatoms. The van der Waals surface area contributed by atoms with Gasteiger partial charge in [0, 0.05) is 13.0 Å². The van der Waals surface area contributed by atoms with Gasteiger partial charge in [0.15, 0.2) is 17.1 Å². The van der Waals surface area contributed by atoms with E-state index in [1.54, 1.807) is 21.3 Å². The third-order valence-corrected chi connectivity index (χ3v) is 4.41. The molecule has 3 rings (SSSR count). The van der Waals surface area contributed by atoms with E-state index in [1.165, 1.54) is 6.20 Å². The van der Waals surface area contributed by atoms with Crippen molar-refractivity contribution in [2.24, 2.45) is 0 Å². The predicted octanol–water partition coefficient (Wildman–Crippen LogP) is 3.55. The number of hydrogen-bond donors (Lipinski definition) is 0. The van der Waals surface area contributed by atoms with E-state index in [0.29, 0.717) is 41.4 Å².